The fourth-order valence-electron chi connectivity index (χ4n) is 2.34. The molecule has 0 spiro atoms. The molecule has 4 nitrogen and oxygen atoms in total. The Balaban J connectivity index is 2.29. The van der Waals surface area contributed by atoms with Crippen LogP contribution in [0.15, 0.2) is 36.5 Å². The van der Waals surface area contributed by atoms with Crippen LogP contribution in [0.5, 0.6) is 0 Å². The summed E-state index contributed by atoms with van der Waals surface area (Å²) in [6, 6.07) is 6.30. The number of alkyl halides is 3. The standard InChI is InChI=1S/C15H9ClF3N3O/c16-12-2-1-7(3-10(12)14(20)23)9-4-8(15(17,18)19)5-13-11(9)6-21-22-13/h1-6H,(H2,20,23)(H,21,22). The number of hydrogen-bond donors (Lipinski definition) is 2. The minimum atomic E-state index is -4.51. The van der Waals surface area contributed by atoms with Crippen molar-refractivity contribution in [3.63, 3.8) is 0 Å². The smallest absolute Gasteiger partial charge is 0.366 e. The van der Waals surface area contributed by atoms with Gasteiger partial charge in [0.2, 0.25) is 5.91 Å². The molecule has 0 aliphatic heterocycles. The highest BCUT2D eigenvalue weighted by Crippen LogP contribution is 2.37. The average Bonchev–Trinajstić information content (AvgIpc) is 2.94. The molecule has 1 heterocycles. The minimum absolute atomic E-state index is 0.0400. The lowest BCUT2D eigenvalue weighted by molar-refractivity contribution is -0.137. The number of carbonyl (C=O) groups is 1. The van der Waals surface area contributed by atoms with Gasteiger partial charge >= 0.3 is 6.18 Å². The van der Waals surface area contributed by atoms with Crippen LogP contribution in [0.3, 0.4) is 0 Å². The molecule has 3 rings (SSSR count). The Labute approximate surface area is 133 Å². The number of primary amides is 1. The van der Waals surface area contributed by atoms with Crippen molar-refractivity contribution in [1.82, 2.24) is 10.2 Å². The Morgan fingerprint density at radius 2 is 1.96 bits per heavy atom. The number of nitrogens with two attached hydrogens (primary N) is 1. The number of H-pyrrole nitrogens is 1. The zero-order valence-corrected chi connectivity index (χ0v) is 12.2. The number of amides is 1. The number of nitrogens with one attached hydrogen (secondary N) is 1. The summed E-state index contributed by atoms with van der Waals surface area (Å²) in [5.74, 6) is -0.757. The first-order chi connectivity index (χ1) is 10.8. The normalized spacial score (nSPS) is 11.8. The lowest BCUT2D eigenvalue weighted by Gasteiger charge is -2.11. The molecule has 2 aromatic carbocycles. The van der Waals surface area contributed by atoms with Crippen LogP contribution in [0.25, 0.3) is 22.0 Å². The molecule has 3 N–H and O–H groups in total. The molecule has 0 saturated heterocycles. The number of aromatic nitrogens is 2. The summed E-state index contributed by atoms with van der Waals surface area (Å²) < 4.78 is 39.2. The Morgan fingerprint density at radius 3 is 2.61 bits per heavy atom. The SMILES string of the molecule is NC(=O)c1cc(-c2cc(C(F)(F)F)cc3[nH]ncc23)ccc1Cl. The summed E-state index contributed by atoms with van der Waals surface area (Å²) in [5, 5.41) is 6.93. The van der Waals surface area contributed by atoms with E-state index in [9.17, 15) is 18.0 Å². The third-order valence-corrected chi connectivity index (χ3v) is 3.76. The van der Waals surface area contributed by atoms with Gasteiger partial charge in [0.05, 0.1) is 27.9 Å². The molecule has 118 valence electrons. The van der Waals surface area contributed by atoms with E-state index in [1.807, 2.05) is 0 Å². The van der Waals surface area contributed by atoms with Gasteiger partial charge in [0.25, 0.3) is 0 Å². The molecule has 0 unspecified atom stereocenters. The maximum Gasteiger partial charge on any atom is 0.416 e. The van der Waals surface area contributed by atoms with Crippen LogP contribution >= 0.6 is 11.6 Å². The van der Waals surface area contributed by atoms with E-state index in [-0.39, 0.29) is 21.7 Å². The maximum atomic E-state index is 13.1. The van der Waals surface area contributed by atoms with E-state index in [1.54, 1.807) is 0 Å². The van der Waals surface area contributed by atoms with Crippen LogP contribution in [-0.4, -0.2) is 16.1 Å². The summed E-state index contributed by atoms with van der Waals surface area (Å²) in [6.07, 6.45) is -3.09. The van der Waals surface area contributed by atoms with E-state index < -0.39 is 17.6 Å². The largest absolute Gasteiger partial charge is 0.416 e. The first-order valence-electron chi connectivity index (χ1n) is 6.41. The van der Waals surface area contributed by atoms with Crippen molar-refractivity contribution in [2.75, 3.05) is 0 Å². The van der Waals surface area contributed by atoms with Crippen LogP contribution in [0.1, 0.15) is 15.9 Å². The third-order valence-electron chi connectivity index (χ3n) is 3.43. The van der Waals surface area contributed by atoms with Gasteiger partial charge in [-0.25, -0.2) is 0 Å². The molecule has 1 aromatic heterocycles. The number of aromatic amines is 1. The van der Waals surface area contributed by atoms with Gasteiger partial charge in [0.15, 0.2) is 0 Å². The molecule has 0 saturated carbocycles. The van der Waals surface area contributed by atoms with E-state index in [0.717, 1.165) is 12.1 Å². The molecule has 3 aromatic rings. The van der Waals surface area contributed by atoms with Gasteiger partial charge in [-0.1, -0.05) is 17.7 Å². The van der Waals surface area contributed by atoms with Crippen molar-refractivity contribution in [1.29, 1.82) is 0 Å². The first kappa shape index (κ1) is 15.4. The number of nitrogens with zero attached hydrogens (tertiary/aromatic N) is 1. The van der Waals surface area contributed by atoms with E-state index in [0.29, 0.717) is 10.9 Å². The maximum absolute atomic E-state index is 13.1. The average molecular weight is 340 g/mol. The van der Waals surface area contributed by atoms with Crippen LogP contribution in [-0.2, 0) is 6.18 Å². The molecule has 0 bridgehead atoms. The molecule has 23 heavy (non-hydrogen) atoms. The second kappa shape index (κ2) is 5.27. The zero-order chi connectivity index (χ0) is 16.8. The predicted octanol–water partition coefficient (Wildman–Crippen LogP) is 4.00. The molecule has 8 heteroatoms. The molecule has 1 amide bonds. The second-order valence-electron chi connectivity index (χ2n) is 4.91. The fraction of sp³-hybridized carbons (Fsp3) is 0.0667. The molecular formula is C15H9ClF3N3O. The van der Waals surface area contributed by atoms with Crippen molar-refractivity contribution < 1.29 is 18.0 Å². The van der Waals surface area contributed by atoms with Crippen LogP contribution < -0.4 is 5.73 Å². The Kier molecular flexibility index (Phi) is 3.52. The van der Waals surface area contributed by atoms with Gasteiger partial charge in [0.1, 0.15) is 0 Å². The van der Waals surface area contributed by atoms with Crippen molar-refractivity contribution in [2.24, 2.45) is 5.73 Å². The number of rotatable bonds is 2. The van der Waals surface area contributed by atoms with Crippen molar-refractivity contribution >= 4 is 28.4 Å². The molecule has 0 radical (unpaired) electrons. The number of fused-ring (bicyclic) bond motifs is 1. The van der Waals surface area contributed by atoms with E-state index in [1.165, 1.54) is 24.4 Å². The van der Waals surface area contributed by atoms with E-state index in [4.69, 9.17) is 17.3 Å². The van der Waals surface area contributed by atoms with Crippen LogP contribution in [0.4, 0.5) is 13.2 Å². The number of halogens is 4. The van der Waals surface area contributed by atoms with Crippen molar-refractivity contribution in [3.05, 3.63) is 52.7 Å². The molecule has 0 atom stereocenters. The number of carbonyl (C=O) groups excluding carboxylic acids is 1. The molecular weight excluding hydrogens is 331 g/mol. The van der Waals surface area contributed by atoms with E-state index >= 15 is 0 Å². The summed E-state index contributed by atoms with van der Waals surface area (Å²) in [4.78, 5) is 11.4. The van der Waals surface area contributed by atoms with Gasteiger partial charge in [-0.3, -0.25) is 9.89 Å². The van der Waals surface area contributed by atoms with Crippen LogP contribution in [0, 0.1) is 0 Å². The third kappa shape index (κ3) is 2.75. The lowest BCUT2D eigenvalue weighted by atomic mass is 9.97. The Bertz CT molecular complexity index is 918. The Morgan fingerprint density at radius 1 is 1.22 bits per heavy atom. The topological polar surface area (TPSA) is 71.8 Å². The number of benzene rings is 2. The predicted molar refractivity (Wildman–Crippen MR) is 80.1 cm³/mol. The first-order valence-corrected chi connectivity index (χ1v) is 6.79. The highest BCUT2D eigenvalue weighted by Gasteiger charge is 2.31. The monoisotopic (exact) mass is 339 g/mol. The summed E-state index contributed by atoms with van der Waals surface area (Å²) in [7, 11) is 0. The van der Waals surface area contributed by atoms with Gasteiger partial charge in [-0.2, -0.15) is 18.3 Å². The highest BCUT2D eigenvalue weighted by molar-refractivity contribution is 6.34. The lowest BCUT2D eigenvalue weighted by Crippen LogP contribution is -2.11. The van der Waals surface area contributed by atoms with Gasteiger partial charge < -0.3 is 5.73 Å². The highest BCUT2D eigenvalue weighted by atomic mass is 35.5. The van der Waals surface area contributed by atoms with Gasteiger partial charge in [-0.15, -0.1) is 0 Å². The molecule has 0 fully saturated rings. The summed E-state index contributed by atoms with van der Waals surface area (Å²) in [5.41, 5.74) is 5.36. The molecule has 0 aliphatic rings. The quantitative estimate of drug-likeness (QED) is 0.740. The summed E-state index contributed by atoms with van der Waals surface area (Å²) in [6.45, 7) is 0. The van der Waals surface area contributed by atoms with Gasteiger partial charge in [0, 0.05) is 5.39 Å². The van der Waals surface area contributed by atoms with Gasteiger partial charge in [-0.05, 0) is 35.4 Å². The van der Waals surface area contributed by atoms with E-state index in [2.05, 4.69) is 10.2 Å². The fourth-order valence-corrected chi connectivity index (χ4v) is 2.55. The zero-order valence-electron chi connectivity index (χ0n) is 11.4. The second-order valence-corrected chi connectivity index (χ2v) is 5.32. The molecule has 0 aliphatic carbocycles. The minimum Gasteiger partial charge on any atom is -0.366 e. The summed E-state index contributed by atoms with van der Waals surface area (Å²) >= 11 is 5.88. The Hall–Kier alpha value is -2.54. The van der Waals surface area contributed by atoms with Crippen molar-refractivity contribution in [3.8, 4) is 11.1 Å². The van der Waals surface area contributed by atoms with Crippen LogP contribution in [0.2, 0.25) is 5.02 Å². The number of hydrogen-bond acceptors (Lipinski definition) is 2. The van der Waals surface area contributed by atoms with Crippen molar-refractivity contribution in [2.45, 2.75) is 6.18 Å².